The van der Waals surface area contributed by atoms with Crippen LogP contribution in [0.25, 0.3) is 0 Å². The van der Waals surface area contributed by atoms with Crippen molar-refractivity contribution in [1.29, 1.82) is 0 Å². The van der Waals surface area contributed by atoms with Crippen molar-refractivity contribution in [1.82, 2.24) is 14.8 Å². The maximum Gasteiger partial charge on any atom is 0.254 e. The van der Waals surface area contributed by atoms with Crippen molar-refractivity contribution in [2.45, 2.75) is 27.2 Å². The van der Waals surface area contributed by atoms with Crippen molar-refractivity contribution in [3.8, 4) is 0 Å². The molecular formula is C25H33N5O4S. The van der Waals surface area contributed by atoms with Crippen LogP contribution < -0.4 is 9.21 Å². The summed E-state index contributed by atoms with van der Waals surface area (Å²) in [5.41, 5.74) is 4.19. The summed E-state index contributed by atoms with van der Waals surface area (Å²) >= 11 is 0. The molecule has 0 bridgehead atoms. The molecule has 2 aromatic rings. The van der Waals surface area contributed by atoms with Crippen molar-refractivity contribution in [2.24, 2.45) is 0 Å². The molecular weight excluding hydrogens is 466 g/mol. The van der Waals surface area contributed by atoms with Gasteiger partial charge in [0.15, 0.2) is 0 Å². The highest BCUT2D eigenvalue weighted by Gasteiger charge is 2.31. The van der Waals surface area contributed by atoms with Crippen LogP contribution in [-0.4, -0.2) is 87.6 Å². The van der Waals surface area contributed by atoms with E-state index in [2.05, 4.69) is 11.0 Å². The first kappa shape index (κ1) is 25.0. The number of hydrogen-bond donors (Lipinski definition) is 0. The van der Waals surface area contributed by atoms with Gasteiger partial charge < -0.3 is 14.7 Å². The molecule has 1 aromatic heterocycles. The number of anilines is 2. The summed E-state index contributed by atoms with van der Waals surface area (Å²) in [6.45, 7) is 8.76. The second-order valence-electron chi connectivity index (χ2n) is 9.48. The van der Waals surface area contributed by atoms with Gasteiger partial charge >= 0.3 is 0 Å². The van der Waals surface area contributed by atoms with Gasteiger partial charge in [0, 0.05) is 52.5 Å². The van der Waals surface area contributed by atoms with Crippen LogP contribution in [0.5, 0.6) is 0 Å². The number of sulfonamides is 1. The van der Waals surface area contributed by atoms with E-state index in [9.17, 15) is 18.0 Å². The third-order valence-electron chi connectivity index (χ3n) is 6.75. The molecule has 4 rings (SSSR count). The van der Waals surface area contributed by atoms with Crippen molar-refractivity contribution in [3.63, 3.8) is 0 Å². The van der Waals surface area contributed by atoms with Gasteiger partial charge in [-0.15, -0.1) is 0 Å². The first-order chi connectivity index (χ1) is 16.5. The standard InChI is InChI=1S/C25H33N5O4S/c1-17-15-18(2)23(26-19(17)3)28-10-12-29(13-11-28)25(32)21-8-7-20(16-22(21)24(31)27(4)5)30-9-6-14-35(30,33)34/h7-8,15-16H,6,9-14H2,1-5H3. The number of carbonyl (C=O) groups is 2. The second-order valence-corrected chi connectivity index (χ2v) is 11.5. The molecule has 0 radical (unpaired) electrons. The van der Waals surface area contributed by atoms with E-state index in [0.717, 1.165) is 22.6 Å². The van der Waals surface area contributed by atoms with Crippen molar-refractivity contribution >= 4 is 33.3 Å². The molecule has 0 aliphatic carbocycles. The summed E-state index contributed by atoms with van der Waals surface area (Å²) in [7, 11) is -0.160. The Hall–Kier alpha value is -3.14. The number of aryl methyl sites for hydroxylation is 3. The first-order valence-electron chi connectivity index (χ1n) is 11.8. The summed E-state index contributed by atoms with van der Waals surface area (Å²) in [6.07, 6.45) is 0.541. The first-order valence-corrected chi connectivity index (χ1v) is 13.5. The van der Waals surface area contributed by atoms with E-state index < -0.39 is 10.0 Å². The Morgan fingerprint density at radius 2 is 1.60 bits per heavy atom. The molecule has 35 heavy (non-hydrogen) atoms. The van der Waals surface area contributed by atoms with Gasteiger partial charge in [-0.25, -0.2) is 13.4 Å². The van der Waals surface area contributed by atoms with Crippen molar-refractivity contribution < 1.29 is 18.0 Å². The molecule has 2 fully saturated rings. The number of hydrogen-bond acceptors (Lipinski definition) is 6. The number of benzene rings is 1. The normalized spacial score (nSPS) is 17.6. The summed E-state index contributed by atoms with van der Waals surface area (Å²) in [5.74, 6) is 0.472. The fourth-order valence-corrected chi connectivity index (χ4v) is 6.22. The van der Waals surface area contributed by atoms with Crippen LogP contribution in [0.4, 0.5) is 11.5 Å². The van der Waals surface area contributed by atoms with E-state index in [1.54, 1.807) is 31.1 Å². The molecule has 9 nitrogen and oxygen atoms in total. The third kappa shape index (κ3) is 4.84. The zero-order valence-corrected chi connectivity index (χ0v) is 21.9. The average molecular weight is 500 g/mol. The lowest BCUT2D eigenvalue weighted by Gasteiger charge is -2.36. The van der Waals surface area contributed by atoms with Gasteiger partial charge in [0.2, 0.25) is 10.0 Å². The van der Waals surface area contributed by atoms with Gasteiger partial charge in [-0.1, -0.05) is 6.07 Å². The zero-order chi connectivity index (χ0) is 25.5. The highest BCUT2D eigenvalue weighted by molar-refractivity contribution is 7.93. The quantitative estimate of drug-likeness (QED) is 0.640. The third-order valence-corrected chi connectivity index (χ3v) is 8.62. The minimum atomic E-state index is -3.40. The monoisotopic (exact) mass is 499 g/mol. The molecule has 2 saturated heterocycles. The average Bonchev–Trinajstić information content (AvgIpc) is 3.19. The van der Waals surface area contributed by atoms with E-state index in [1.807, 2.05) is 20.8 Å². The molecule has 1 aromatic carbocycles. The number of nitrogens with zero attached hydrogens (tertiary/aromatic N) is 5. The van der Waals surface area contributed by atoms with Crippen molar-refractivity contribution in [3.05, 3.63) is 52.2 Å². The molecule has 0 saturated carbocycles. The summed E-state index contributed by atoms with van der Waals surface area (Å²) in [6, 6.07) is 6.89. The van der Waals surface area contributed by atoms with Gasteiger partial charge in [0.1, 0.15) is 5.82 Å². The van der Waals surface area contributed by atoms with Gasteiger partial charge in [0.05, 0.1) is 22.6 Å². The molecule has 0 unspecified atom stereocenters. The highest BCUT2D eigenvalue weighted by Crippen LogP contribution is 2.28. The second kappa shape index (κ2) is 9.49. The predicted molar refractivity (Wildman–Crippen MR) is 137 cm³/mol. The fraction of sp³-hybridized carbons (Fsp3) is 0.480. The summed E-state index contributed by atoms with van der Waals surface area (Å²) in [4.78, 5) is 36.6. The van der Waals surface area contributed by atoms with E-state index in [1.165, 1.54) is 15.3 Å². The van der Waals surface area contributed by atoms with Gasteiger partial charge in [-0.3, -0.25) is 13.9 Å². The highest BCUT2D eigenvalue weighted by atomic mass is 32.2. The molecule has 188 valence electrons. The lowest BCUT2D eigenvalue weighted by Crippen LogP contribution is -2.49. The molecule has 3 heterocycles. The van der Waals surface area contributed by atoms with Gasteiger partial charge in [-0.05, 0) is 56.5 Å². The molecule has 2 aliphatic rings. The Labute approximate surface area is 207 Å². The van der Waals surface area contributed by atoms with E-state index >= 15 is 0 Å². The molecule has 2 aliphatic heterocycles. The Morgan fingerprint density at radius 3 is 2.20 bits per heavy atom. The topological polar surface area (TPSA) is 94.1 Å². The summed E-state index contributed by atoms with van der Waals surface area (Å²) in [5, 5.41) is 0. The van der Waals surface area contributed by atoms with Crippen molar-refractivity contribution in [2.75, 3.05) is 61.8 Å². The minimum absolute atomic E-state index is 0.0871. The number of piperazine rings is 1. The van der Waals surface area contributed by atoms with E-state index in [0.29, 0.717) is 44.8 Å². The van der Waals surface area contributed by atoms with Crippen LogP contribution in [0, 0.1) is 20.8 Å². The predicted octanol–water partition coefficient (Wildman–Crippen LogP) is 2.21. The number of carbonyl (C=O) groups excluding carboxylic acids is 2. The maximum absolute atomic E-state index is 13.5. The minimum Gasteiger partial charge on any atom is -0.353 e. The van der Waals surface area contributed by atoms with Crippen LogP contribution in [0.3, 0.4) is 0 Å². The van der Waals surface area contributed by atoms with Crippen LogP contribution in [0.15, 0.2) is 24.3 Å². The lowest BCUT2D eigenvalue weighted by atomic mass is 10.0. The maximum atomic E-state index is 13.5. The van der Waals surface area contributed by atoms with Gasteiger partial charge in [-0.2, -0.15) is 0 Å². The Balaban J connectivity index is 1.57. The van der Waals surface area contributed by atoms with Crippen LogP contribution in [-0.2, 0) is 10.0 Å². The van der Waals surface area contributed by atoms with Crippen LogP contribution in [0.1, 0.15) is 44.0 Å². The smallest absolute Gasteiger partial charge is 0.254 e. The Kier molecular flexibility index (Phi) is 6.77. The molecule has 0 spiro atoms. The lowest BCUT2D eigenvalue weighted by molar-refractivity contribution is 0.0731. The zero-order valence-electron chi connectivity index (χ0n) is 21.0. The van der Waals surface area contributed by atoms with Crippen LogP contribution in [0.2, 0.25) is 0 Å². The molecule has 0 atom stereocenters. The van der Waals surface area contributed by atoms with Crippen LogP contribution >= 0.6 is 0 Å². The number of pyridine rings is 1. The number of rotatable bonds is 4. The van der Waals surface area contributed by atoms with E-state index in [-0.39, 0.29) is 28.7 Å². The Bertz CT molecular complexity index is 1270. The number of amides is 2. The number of aromatic nitrogens is 1. The Morgan fingerprint density at radius 1 is 0.914 bits per heavy atom. The van der Waals surface area contributed by atoms with E-state index in [4.69, 9.17) is 4.98 Å². The summed E-state index contributed by atoms with van der Waals surface area (Å²) < 4.78 is 26.1. The molecule has 2 amide bonds. The van der Waals surface area contributed by atoms with Gasteiger partial charge in [0.25, 0.3) is 11.8 Å². The molecule has 10 heteroatoms. The molecule has 0 N–H and O–H groups in total. The fourth-order valence-electron chi connectivity index (χ4n) is 4.66. The SMILES string of the molecule is Cc1cc(C)c(N2CCN(C(=O)c3ccc(N4CCCS4(=O)=O)cc3C(=O)N(C)C)CC2)nc1C. The largest absolute Gasteiger partial charge is 0.353 e.